The van der Waals surface area contributed by atoms with Gasteiger partial charge in [0.15, 0.2) is 0 Å². The lowest BCUT2D eigenvalue weighted by Gasteiger charge is -2.33. The van der Waals surface area contributed by atoms with Crippen LogP contribution in [0.15, 0.2) is 102 Å². The summed E-state index contributed by atoms with van der Waals surface area (Å²) in [5.41, 5.74) is 1.30. The summed E-state index contributed by atoms with van der Waals surface area (Å²) in [5, 5.41) is 8.83. The van der Waals surface area contributed by atoms with Crippen LogP contribution in [0.3, 0.4) is 0 Å². The molecule has 330 valence electrons. The van der Waals surface area contributed by atoms with Crippen LogP contribution in [0.4, 0.5) is 4.79 Å². The van der Waals surface area contributed by atoms with Crippen LogP contribution in [0.2, 0.25) is 0 Å². The zero-order chi connectivity index (χ0) is 45.7. The first kappa shape index (κ1) is 45.8. The minimum absolute atomic E-state index is 0.0783. The molecule has 2 bridgehead atoms. The second-order valence-corrected chi connectivity index (χ2v) is 18.9. The summed E-state index contributed by atoms with van der Waals surface area (Å²) in [6.45, 7) is 12.1. The zero-order valence-electron chi connectivity index (χ0n) is 36.6. The molecule has 0 fully saturated rings. The molecule has 6 rings (SSSR count). The monoisotopic (exact) mass is 875 g/mol. The standard InChI is InChI=1S/C48H53N5O9S/c1-9-15-35-43(54)53-63(58,59)40-19-14-13-18-30(40)20-21-31-26-32(41(44(55)50-35)51-45(56)42(47(2,3)4)52-46(57)62-48(5,6)7)22-25-38(31)61-39-28-36(29-16-11-10-12-17-29)49-37-27-33(60-8)23-24-34(37)39/h10-14,16-28,35,41-42H,9,15H2,1-8H3,(H,50,55)(H,51,56)(H,52,57)(H,53,54)/b21-20-/t35-,41-,42+/m0/s1. The Hall–Kier alpha value is -6.74. The number of aromatic nitrogens is 1. The number of hydrogen-bond acceptors (Lipinski definition) is 10. The van der Waals surface area contributed by atoms with Gasteiger partial charge in [0.05, 0.1) is 23.2 Å². The lowest BCUT2D eigenvalue weighted by molar-refractivity contribution is -0.133. The minimum Gasteiger partial charge on any atom is -0.497 e. The van der Waals surface area contributed by atoms with Crippen LogP contribution in [-0.2, 0) is 29.1 Å². The Morgan fingerprint density at radius 1 is 0.825 bits per heavy atom. The van der Waals surface area contributed by atoms with Crippen molar-refractivity contribution in [1.29, 1.82) is 0 Å². The number of fused-ring (bicyclic) bond motifs is 4. The third kappa shape index (κ3) is 11.2. The molecule has 3 atom stereocenters. The number of hydrogen-bond donors (Lipinski definition) is 4. The molecule has 1 aliphatic rings. The van der Waals surface area contributed by atoms with E-state index < -0.39 is 63.0 Å². The average Bonchev–Trinajstić information content (AvgIpc) is 3.22. The van der Waals surface area contributed by atoms with E-state index in [1.807, 2.05) is 42.5 Å². The van der Waals surface area contributed by atoms with Crippen molar-refractivity contribution in [2.24, 2.45) is 5.41 Å². The largest absolute Gasteiger partial charge is 0.497 e. The van der Waals surface area contributed by atoms with Crippen LogP contribution >= 0.6 is 0 Å². The topological polar surface area (TPSA) is 191 Å². The molecule has 4 amide bonds. The van der Waals surface area contributed by atoms with Gasteiger partial charge in [-0.2, -0.15) is 0 Å². The third-order valence-electron chi connectivity index (χ3n) is 10.1. The SMILES string of the molecule is CCC[C@@H]1NC(=O)[C@@H](NC(=O)[C@@H](NC(=O)OC(C)(C)C)C(C)(C)C)c2ccc(Oc3cc(-c4ccccc4)nc4cc(OC)ccc34)c(c2)/C=C\c2ccccc2S(=O)(=O)NC1=O. The highest BCUT2D eigenvalue weighted by molar-refractivity contribution is 7.90. The maximum absolute atomic E-state index is 14.5. The van der Waals surface area contributed by atoms with Crippen molar-refractivity contribution in [1.82, 2.24) is 25.7 Å². The Morgan fingerprint density at radius 2 is 1.52 bits per heavy atom. The maximum Gasteiger partial charge on any atom is 0.408 e. The molecule has 15 heteroatoms. The summed E-state index contributed by atoms with van der Waals surface area (Å²) in [4.78, 5) is 60.3. The van der Waals surface area contributed by atoms with Crippen molar-refractivity contribution < 1.29 is 41.8 Å². The summed E-state index contributed by atoms with van der Waals surface area (Å²) >= 11 is 0. The van der Waals surface area contributed by atoms with Crippen LogP contribution in [0.1, 0.15) is 84.0 Å². The number of pyridine rings is 1. The van der Waals surface area contributed by atoms with Gasteiger partial charge in [0.25, 0.3) is 15.9 Å². The van der Waals surface area contributed by atoms with E-state index in [9.17, 15) is 27.6 Å². The van der Waals surface area contributed by atoms with Crippen LogP contribution in [0.25, 0.3) is 34.3 Å². The lowest BCUT2D eigenvalue weighted by Crippen LogP contribution is -2.57. The summed E-state index contributed by atoms with van der Waals surface area (Å²) in [5.74, 6) is -1.12. The van der Waals surface area contributed by atoms with Gasteiger partial charge in [-0.1, -0.05) is 101 Å². The predicted molar refractivity (Wildman–Crippen MR) is 241 cm³/mol. The molecule has 0 aliphatic carbocycles. The Morgan fingerprint density at radius 3 is 2.21 bits per heavy atom. The number of methoxy groups -OCH3 is 1. The molecule has 0 saturated heterocycles. The van der Waals surface area contributed by atoms with Gasteiger partial charge in [-0.25, -0.2) is 22.9 Å². The van der Waals surface area contributed by atoms with Crippen LogP contribution in [0, 0.1) is 5.41 Å². The van der Waals surface area contributed by atoms with Gasteiger partial charge in [0, 0.05) is 28.6 Å². The quantitative estimate of drug-likeness (QED) is 0.113. The molecule has 63 heavy (non-hydrogen) atoms. The van der Waals surface area contributed by atoms with E-state index in [2.05, 4.69) is 20.7 Å². The molecule has 1 aliphatic heterocycles. The van der Waals surface area contributed by atoms with Crippen molar-refractivity contribution in [2.45, 2.75) is 89.9 Å². The van der Waals surface area contributed by atoms with Crippen molar-refractivity contribution in [3.63, 3.8) is 0 Å². The number of alkyl carbamates (subject to hydrolysis) is 1. The van der Waals surface area contributed by atoms with E-state index in [0.29, 0.717) is 51.4 Å². The number of ether oxygens (including phenoxy) is 3. The number of nitrogens with one attached hydrogen (secondary N) is 4. The van der Waals surface area contributed by atoms with Crippen molar-refractivity contribution in [2.75, 3.05) is 7.11 Å². The van der Waals surface area contributed by atoms with Crippen LogP contribution in [0.5, 0.6) is 17.2 Å². The van der Waals surface area contributed by atoms with E-state index in [1.165, 1.54) is 6.07 Å². The second kappa shape index (κ2) is 18.7. The summed E-state index contributed by atoms with van der Waals surface area (Å²) in [6.07, 6.45) is 2.85. The normalized spacial score (nSPS) is 17.5. The van der Waals surface area contributed by atoms with Gasteiger partial charge >= 0.3 is 6.09 Å². The van der Waals surface area contributed by atoms with Crippen molar-refractivity contribution >= 4 is 56.9 Å². The molecule has 2 heterocycles. The van der Waals surface area contributed by atoms with E-state index in [1.54, 1.807) is 116 Å². The molecule has 0 spiro atoms. The van der Waals surface area contributed by atoms with Gasteiger partial charge in [-0.3, -0.25) is 14.4 Å². The first-order valence-corrected chi connectivity index (χ1v) is 22.0. The Bertz CT molecular complexity index is 2670. The fraction of sp³-hybridized carbons (Fsp3) is 0.312. The molecule has 0 saturated carbocycles. The second-order valence-electron chi connectivity index (χ2n) is 17.2. The molecular formula is C48H53N5O9S. The number of carbonyl (C=O) groups is 4. The molecule has 5 aromatic rings. The van der Waals surface area contributed by atoms with E-state index in [4.69, 9.17) is 19.2 Å². The number of carbonyl (C=O) groups excluding carboxylic acids is 4. The average molecular weight is 876 g/mol. The third-order valence-corrected chi connectivity index (χ3v) is 11.5. The summed E-state index contributed by atoms with van der Waals surface area (Å²) < 4.78 is 47.6. The van der Waals surface area contributed by atoms with Gasteiger partial charge < -0.3 is 30.2 Å². The summed E-state index contributed by atoms with van der Waals surface area (Å²) in [7, 11) is -2.89. The van der Waals surface area contributed by atoms with Gasteiger partial charge in [0.2, 0.25) is 11.8 Å². The number of amides is 4. The maximum atomic E-state index is 14.5. The minimum atomic E-state index is -4.46. The molecular weight excluding hydrogens is 823 g/mol. The predicted octanol–water partition coefficient (Wildman–Crippen LogP) is 8.07. The van der Waals surface area contributed by atoms with E-state index in [0.717, 1.165) is 5.56 Å². The number of rotatable bonds is 9. The fourth-order valence-corrected chi connectivity index (χ4v) is 8.19. The van der Waals surface area contributed by atoms with Crippen molar-refractivity contribution in [3.8, 4) is 28.5 Å². The highest BCUT2D eigenvalue weighted by Crippen LogP contribution is 2.38. The highest BCUT2D eigenvalue weighted by Gasteiger charge is 2.38. The Balaban J connectivity index is 1.53. The van der Waals surface area contributed by atoms with Gasteiger partial charge in [-0.15, -0.1) is 0 Å². The lowest BCUT2D eigenvalue weighted by atomic mass is 9.86. The molecule has 0 unspecified atom stereocenters. The molecule has 14 nitrogen and oxygen atoms in total. The first-order chi connectivity index (χ1) is 29.8. The van der Waals surface area contributed by atoms with Gasteiger partial charge in [0.1, 0.15) is 41.0 Å². The smallest absolute Gasteiger partial charge is 0.408 e. The van der Waals surface area contributed by atoms with E-state index >= 15 is 0 Å². The Labute approximate surface area is 367 Å². The van der Waals surface area contributed by atoms with Crippen molar-refractivity contribution in [3.05, 3.63) is 114 Å². The molecule has 4 aromatic carbocycles. The number of sulfonamides is 1. The zero-order valence-corrected chi connectivity index (χ0v) is 37.4. The fourth-order valence-electron chi connectivity index (χ4n) is 6.97. The highest BCUT2D eigenvalue weighted by atomic mass is 32.2. The van der Waals surface area contributed by atoms with E-state index in [-0.39, 0.29) is 16.9 Å². The molecule has 4 N–H and O–H groups in total. The summed E-state index contributed by atoms with van der Waals surface area (Å²) in [6, 6.07) is 24.0. The van der Waals surface area contributed by atoms with Gasteiger partial charge in [-0.05, 0) is 74.1 Å². The Kier molecular flexibility index (Phi) is 13.6. The first-order valence-electron chi connectivity index (χ1n) is 20.6. The molecule has 0 radical (unpaired) electrons. The molecule has 1 aromatic heterocycles. The number of benzene rings is 4. The van der Waals surface area contributed by atoms with Crippen LogP contribution in [-0.4, -0.2) is 62.0 Å². The number of nitrogens with zero attached hydrogens (tertiary/aromatic N) is 1. The van der Waals surface area contributed by atoms with Crippen LogP contribution < -0.4 is 30.1 Å².